The highest BCUT2D eigenvalue weighted by Gasteiger charge is 2.10. The quantitative estimate of drug-likeness (QED) is 0.705. The summed E-state index contributed by atoms with van der Waals surface area (Å²) in [5.74, 6) is 1.53. The van der Waals surface area contributed by atoms with Crippen LogP contribution < -0.4 is 15.6 Å². The zero-order valence-corrected chi connectivity index (χ0v) is 16.4. The summed E-state index contributed by atoms with van der Waals surface area (Å²) in [4.78, 5) is 26.8. The van der Waals surface area contributed by atoms with Crippen LogP contribution in [0.3, 0.4) is 0 Å². The molecule has 1 aromatic carbocycles. The Morgan fingerprint density at radius 1 is 1.22 bits per heavy atom. The molecule has 7 nitrogen and oxygen atoms in total. The smallest absolute Gasteiger partial charge is 0.273 e. The van der Waals surface area contributed by atoms with Crippen molar-refractivity contribution in [2.45, 2.75) is 53.1 Å². The highest BCUT2D eigenvalue weighted by atomic mass is 16.5. The molecule has 2 aromatic rings. The fourth-order valence-electron chi connectivity index (χ4n) is 2.46. The number of aromatic amines is 1. The molecule has 0 aliphatic rings. The van der Waals surface area contributed by atoms with Crippen LogP contribution in [0.15, 0.2) is 29.1 Å². The monoisotopic (exact) mass is 372 g/mol. The molecule has 27 heavy (non-hydrogen) atoms. The van der Waals surface area contributed by atoms with E-state index in [-0.39, 0.29) is 36.1 Å². The minimum absolute atomic E-state index is 0.0550. The zero-order valence-electron chi connectivity index (χ0n) is 16.4. The van der Waals surface area contributed by atoms with Gasteiger partial charge in [-0.05, 0) is 38.3 Å². The summed E-state index contributed by atoms with van der Waals surface area (Å²) in [5.41, 5.74) is 0.647. The van der Waals surface area contributed by atoms with Crippen LogP contribution in [0, 0.1) is 5.92 Å². The second-order valence-corrected chi connectivity index (χ2v) is 7.18. The van der Waals surface area contributed by atoms with E-state index < -0.39 is 0 Å². The van der Waals surface area contributed by atoms with E-state index in [4.69, 9.17) is 4.74 Å². The molecule has 2 rings (SSSR count). The predicted octanol–water partition coefficient (Wildman–Crippen LogP) is 2.71. The van der Waals surface area contributed by atoms with Crippen molar-refractivity contribution in [3.63, 3.8) is 0 Å². The molecule has 0 aliphatic heterocycles. The number of carbonyl (C=O) groups excluding carboxylic acids is 1. The largest absolute Gasteiger partial charge is 0.491 e. The minimum Gasteiger partial charge on any atom is -0.491 e. The van der Waals surface area contributed by atoms with Crippen molar-refractivity contribution in [3.8, 4) is 17.1 Å². The van der Waals surface area contributed by atoms with E-state index in [1.165, 1.54) is 0 Å². The van der Waals surface area contributed by atoms with E-state index in [0.717, 1.165) is 12.0 Å². The summed E-state index contributed by atoms with van der Waals surface area (Å²) in [7, 11) is 0. The lowest BCUT2D eigenvalue weighted by Gasteiger charge is -2.10. The Bertz CT molecular complexity index is 815. The van der Waals surface area contributed by atoms with Crippen molar-refractivity contribution in [1.29, 1.82) is 0 Å². The summed E-state index contributed by atoms with van der Waals surface area (Å²) in [6, 6.07) is 7.32. The van der Waals surface area contributed by atoms with Crippen LogP contribution in [-0.4, -0.2) is 33.7 Å². The first-order valence-electron chi connectivity index (χ1n) is 9.34. The Labute approximate surface area is 159 Å². The molecule has 0 bridgehead atoms. The van der Waals surface area contributed by atoms with Gasteiger partial charge in [-0.15, -0.1) is 10.2 Å². The maximum absolute atomic E-state index is 12.3. The highest BCUT2D eigenvalue weighted by molar-refractivity contribution is 5.76. The van der Waals surface area contributed by atoms with E-state index in [2.05, 4.69) is 34.3 Å². The van der Waals surface area contributed by atoms with Gasteiger partial charge in [0, 0.05) is 24.9 Å². The maximum atomic E-state index is 12.3. The van der Waals surface area contributed by atoms with Crippen molar-refractivity contribution >= 4 is 5.91 Å². The third-order valence-electron chi connectivity index (χ3n) is 3.88. The molecule has 0 spiro atoms. The van der Waals surface area contributed by atoms with E-state index in [1.54, 1.807) is 0 Å². The van der Waals surface area contributed by atoms with Crippen LogP contribution >= 0.6 is 0 Å². The van der Waals surface area contributed by atoms with E-state index in [9.17, 15) is 9.59 Å². The molecule has 0 aliphatic carbocycles. The molecule has 0 fully saturated rings. The normalized spacial score (nSPS) is 11.0. The van der Waals surface area contributed by atoms with Crippen molar-refractivity contribution in [2.75, 3.05) is 6.54 Å². The summed E-state index contributed by atoms with van der Waals surface area (Å²) >= 11 is 0. The van der Waals surface area contributed by atoms with Gasteiger partial charge in [0.1, 0.15) is 11.4 Å². The van der Waals surface area contributed by atoms with Gasteiger partial charge in [0.05, 0.1) is 6.10 Å². The number of aryl methyl sites for hydroxylation is 1. The Hall–Kier alpha value is -2.70. The number of ether oxygens (including phenoxy) is 1. The van der Waals surface area contributed by atoms with Crippen LogP contribution in [0.25, 0.3) is 11.4 Å². The Kier molecular flexibility index (Phi) is 7.52. The van der Waals surface area contributed by atoms with Gasteiger partial charge in [-0.3, -0.25) is 9.59 Å². The number of aromatic nitrogens is 3. The second kappa shape index (κ2) is 9.85. The number of nitrogens with zero attached hydrogens (tertiary/aromatic N) is 2. The van der Waals surface area contributed by atoms with Gasteiger partial charge in [0.2, 0.25) is 5.91 Å². The number of H-pyrrole nitrogens is 1. The molecular formula is C20H28N4O3. The third-order valence-corrected chi connectivity index (χ3v) is 3.88. The average Bonchev–Trinajstić information content (AvgIpc) is 2.60. The molecule has 1 amide bonds. The third kappa shape index (κ3) is 6.84. The Balaban J connectivity index is 1.99. The molecule has 0 unspecified atom stereocenters. The molecule has 0 saturated heterocycles. The van der Waals surface area contributed by atoms with Crippen LogP contribution in [0.4, 0.5) is 0 Å². The van der Waals surface area contributed by atoms with Crippen LogP contribution in [0.5, 0.6) is 5.75 Å². The molecule has 2 N–H and O–H groups in total. The van der Waals surface area contributed by atoms with Gasteiger partial charge in [0.15, 0.2) is 5.82 Å². The van der Waals surface area contributed by atoms with Crippen molar-refractivity contribution in [3.05, 3.63) is 40.3 Å². The molecule has 1 heterocycles. The number of rotatable bonds is 9. The SMILES string of the molecule is CC(C)CCNC(=O)CCc1nnc(-c2cccc(OC(C)C)c2)[nH]c1=O. The van der Waals surface area contributed by atoms with Crippen LogP contribution in [-0.2, 0) is 11.2 Å². The predicted molar refractivity (Wildman–Crippen MR) is 105 cm³/mol. The summed E-state index contributed by atoms with van der Waals surface area (Å²) in [5, 5.41) is 11.0. The first-order valence-corrected chi connectivity index (χ1v) is 9.34. The topological polar surface area (TPSA) is 97.0 Å². The van der Waals surface area contributed by atoms with Crippen LogP contribution in [0.2, 0.25) is 0 Å². The summed E-state index contributed by atoms with van der Waals surface area (Å²) in [6.07, 6.45) is 1.46. The minimum atomic E-state index is -0.329. The van der Waals surface area contributed by atoms with Crippen molar-refractivity contribution in [1.82, 2.24) is 20.5 Å². The van der Waals surface area contributed by atoms with Crippen LogP contribution in [0.1, 0.15) is 46.2 Å². The van der Waals surface area contributed by atoms with Gasteiger partial charge in [-0.1, -0.05) is 26.0 Å². The number of nitrogens with one attached hydrogen (secondary N) is 2. The summed E-state index contributed by atoms with van der Waals surface area (Å²) < 4.78 is 5.66. The van der Waals surface area contributed by atoms with Gasteiger partial charge in [-0.2, -0.15) is 0 Å². The summed E-state index contributed by atoms with van der Waals surface area (Å²) in [6.45, 7) is 8.75. The molecule has 0 radical (unpaired) electrons. The zero-order chi connectivity index (χ0) is 19.8. The molecule has 0 saturated carbocycles. The van der Waals surface area contributed by atoms with Crippen molar-refractivity contribution < 1.29 is 9.53 Å². The van der Waals surface area contributed by atoms with E-state index >= 15 is 0 Å². The first kappa shape index (κ1) is 20.6. The van der Waals surface area contributed by atoms with Crippen molar-refractivity contribution in [2.24, 2.45) is 5.92 Å². The standard InChI is InChI=1S/C20H28N4O3/c1-13(2)10-11-21-18(25)9-8-17-20(26)22-19(24-23-17)15-6-5-7-16(12-15)27-14(3)4/h5-7,12-14H,8-11H2,1-4H3,(H,21,25)(H,22,24,26). The lowest BCUT2D eigenvalue weighted by Crippen LogP contribution is -2.27. The van der Waals surface area contributed by atoms with E-state index in [1.807, 2.05) is 38.1 Å². The Morgan fingerprint density at radius 2 is 2.00 bits per heavy atom. The molecule has 1 aromatic heterocycles. The Morgan fingerprint density at radius 3 is 2.67 bits per heavy atom. The number of benzene rings is 1. The van der Waals surface area contributed by atoms with Gasteiger partial charge in [-0.25, -0.2) is 0 Å². The second-order valence-electron chi connectivity index (χ2n) is 7.18. The number of hydrogen-bond donors (Lipinski definition) is 2. The average molecular weight is 372 g/mol. The highest BCUT2D eigenvalue weighted by Crippen LogP contribution is 2.20. The van der Waals surface area contributed by atoms with Gasteiger partial charge >= 0.3 is 0 Å². The molecular weight excluding hydrogens is 344 g/mol. The van der Waals surface area contributed by atoms with Gasteiger partial charge in [0.25, 0.3) is 5.56 Å². The fraction of sp³-hybridized carbons (Fsp3) is 0.500. The number of amides is 1. The lowest BCUT2D eigenvalue weighted by atomic mass is 10.1. The number of hydrogen-bond acceptors (Lipinski definition) is 5. The van der Waals surface area contributed by atoms with Gasteiger partial charge < -0.3 is 15.0 Å². The van der Waals surface area contributed by atoms with E-state index in [0.29, 0.717) is 24.0 Å². The number of carbonyl (C=O) groups is 1. The fourth-order valence-corrected chi connectivity index (χ4v) is 2.46. The molecule has 146 valence electrons. The first-order chi connectivity index (χ1) is 12.8. The molecule has 0 atom stereocenters. The lowest BCUT2D eigenvalue weighted by molar-refractivity contribution is -0.121. The molecule has 7 heteroatoms. The maximum Gasteiger partial charge on any atom is 0.273 e.